The second-order valence-electron chi connectivity index (χ2n) is 6.83. The van der Waals surface area contributed by atoms with Gasteiger partial charge in [0.1, 0.15) is 0 Å². The van der Waals surface area contributed by atoms with E-state index >= 15 is 0 Å². The molecule has 104 valence electrons. The van der Waals surface area contributed by atoms with Crippen LogP contribution in [0.4, 0.5) is 0 Å². The minimum atomic E-state index is 1.20. The molecule has 0 spiro atoms. The Morgan fingerprint density at radius 2 is 0.824 bits per heavy atom. The number of hydrogen-bond acceptors (Lipinski definition) is 0. The molecule has 0 N–H and O–H groups in total. The molecule has 0 saturated heterocycles. The lowest BCUT2D eigenvalue weighted by molar-refractivity contribution is -0.909. The Bertz CT molecular complexity index is 165. The Labute approximate surface area is 110 Å². The van der Waals surface area contributed by atoms with Crippen molar-refractivity contribution < 1.29 is 8.97 Å². The summed E-state index contributed by atoms with van der Waals surface area (Å²) < 4.78 is 2.39. The van der Waals surface area contributed by atoms with Crippen LogP contribution in [0, 0.1) is 0 Å². The first-order chi connectivity index (χ1) is 7.83. The number of nitrogens with zero attached hydrogens (tertiary/aromatic N) is 2. The largest absolute Gasteiger partial charge is 0.328 e. The van der Waals surface area contributed by atoms with Crippen molar-refractivity contribution in [3.05, 3.63) is 0 Å². The van der Waals surface area contributed by atoms with Crippen LogP contribution in [0.5, 0.6) is 0 Å². The standard InChI is InChI=1S/C15H36N2/c1-7-9-12-16(3,4)14-11-15-17(5,6)13-10-8-2/h7-15H2,1-6H3/q+2. The van der Waals surface area contributed by atoms with E-state index in [4.69, 9.17) is 0 Å². The lowest BCUT2D eigenvalue weighted by Crippen LogP contribution is -2.46. The average Bonchev–Trinajstić information content (AvgIpc) is 2.23. The van der Waals surface area contributed by atoms with Gasteiger partial charge in [0, 0.05) is 6.42 Å². The number of hydrogen-bond donors (Lipinski definition) is 0. The van der Waals surface area contributed by atoms with Crippen LogP contribution in [0.15, 0.2) is 0 Å². The molecule has 0 bridgehead atoms. The SMILES string of the molecule is CCCC[N+](C)(C)CCC[N+](C)(C)CCCC. The molecule has 0 unspecified atom stereocenters. The minimum Gasteiger partial charge on any atom is -0.328 e. The second-order valence-corrected chi connectivity index (χ2v) is 6.83. The summed E-state index contributed by atoms with van der Waals surface area (Å²) in [5.41, 5.74) is 0. The topological polar surface area (TPSA) is 0 Å². The van der Waals surface area contributed by atoms with E-state index in [0.29, 0.717) is 0 Å². The minimum absolute atomic E-state index is 1.20. The van der Waals surface area contributed by atoms with E-state index in [1.165, 1.54) is 67.2 Å². The van der Waals surface area contributed by atoms with Gasteiger partial charge in [0.2, 0.25) is 0 Å². The summed E-state index contributed by atoms with van der Waals surface area (Å²) >= 11 is 0. The van der Waals surface area contributed by atoms with Crippen molar-refractivity contribution in [1.82, 2.24) is 0 Å². The molecule has 0 fully saturated rings. The van der Waals surface area contributed by atoms with Crippen LogP contribution < -0.4 is 0 Å². The Kier molecular flexibility index (Phi) is 8.06. The molecule has 0 heterocycles. The zero-order valence-electron chi connectivity index (χ0n) is 13.3. The maximum atomic E-state index is 2.38. The van der Waals surface area contributed by atoms with Crippen molar-refractivity contribution in [2.24, 2.45) is 0 Å². The fraction of sp³-hybridized carbons (Fsp3) is 1.00. The van der Waals surface area contributed by atoms with Gasteiger partial charge in [-0.25, -0.2) is 0 Å². The van der Waals surface area contributed by atoms with Gasteiger partial charge in [-0.3, -0.25) is 0 Å². The van der Waals surface area contributed by atoms with Crippen LogP contribution in [0.25, 0.3) is 0 Å². The number of rotatable bonds is 10. The van der Waals surface area contributed by atoms with Crippen molar-refractivity contribution in [2.75, 3.05) is 54.4 Å². The molecule has 0 atom stereocenters. The van der Waals surface area contributed by atoms with Crippen LogP contribution in [-0.4, -0.2) is 63.3 Å². The molecule has 0 amide bonds. The van der Waals surface area contributed by atoms with E-state index in [1.807, 2.05) is 0 Å². The monoisotopic (exact) mass is 244 g/mol. The smallest absolute Gasteiger partial charge is 0.0836 e. The highest BCUT2D eigenvalue weighted by atomic mass is 15.3. The number of quaternary nitrogens is 2. The number of unbranched alkanes of at least 4 members (excludes halogenated alkanes) is 2. The summed E-state index contributed by atoms with van der Waals surface area (Å²) in [6.45, 7) is 9.88. The van der Waals surface area contributed by atoms with E-state index in [2.05, 4.69) is 42.0 Å². The Morgan fingerprint density at radius 1 is 0.529 bits per heavy atom. The van der Waals surface area contributed by atoms with E-state index in [9.17, 15) is 0 Å². The highest BCUT2D eigenvalue weighted by molar-refractivity contribution is 4.41. The molecule has 0 aliphatic carbocycles. The highest BCUT2D eigenvalue weighted by Gasteiger charge is 2.18. The predicted molar refractivity (Wildman–Crippen MR) is 78.1 cm³/mol. The molecule has 0 aliphatic rings. The fourth-order valence-corrected chi connectivity index (χ4v) is 2.32. The van der Waals surface area contributed by atoms with Crippen LogP contribution in [0.1, 0.15) is 46.0 Å². The molecule has 17 heavy (non-hydrogen) atoms. The molecule has 2 nitrogen and oxygen atoms in total. The molecule has 0 aliphatic heterocycles. The molecular formula is C15H36N2+2. The molecule has 0 radical (unpaired) electrons. The van der Waals surface area contributed by atoms with Crippen molar-refractivity contribution in [3.63, 3.8) is 0 Å². The van der Waals surface area contributed by atoms with E-state index < -0.39 is 0 Å². The van der Waals surface area contributed by atoms with Gasteiger partial charge >= 0.3 is 0 Å². The first kappa shape index (κ1) is 16.9. The van der Waals surface area contributed by atoms with Gasteiger partial charge in [0.15, 0.2) is 0 Å². The molecule has 2 heteroatoms. The summed E-state index contributed by atoms with van der Waals surface area (Å²) in [5, 5.41) is 0. The lowest BCUT2D eigenvalue weighted by atomic mass is 10.2. The zero-order chi connectivity index (χ0) is 13.4. The van der Waals surface area contributed by atoms with Gasteiger partial charge in [-0.2, -0.15) is 0 Å². The molecule has 0 aromatic carbocycles. The van der Waals surface area contributed by atoms with Gasteiger partial charge in [-0.05, 0) is 12.8 Å². The van der Waals surface area contributed by atoms with Gasteiger partial charge in [0.25, 0.3) is 0 Å². The summed E-state index contributed by atoms with van der Waals surface area (Å²) in [6, 6.07) is 0. The molecule has 0 aromatic rings. The van der Waals surface area contributed by atoms with Crippen molar-refractivity contribution in [3.8, 4) is 0 Å². The van der Waals surface area contributed by atoms with Gasteiger partial charge in [-0.1, -0.05) is 26.7 Å². The van der Waals surface area contributed by atoms with Gasteiger partial charge in [0.05, 0.1) is 54.4 Å². The summed E-state index contributed by atoms with van der Waals surface area (Å²) in [7, 11) is 9.51. The predicted octanol–water partition coefficient (Wildman–Crippen LogP) is 3.13. The van der Waals surface area contributed by atoms with Gasteiger partial charge < -0.3 is 8.97 Å². The fourth-order valence-electron chi connectivity index (χ4n) is 2.32. The molecule has 0 saturated carbocycles. The normalized spacial score (nSPS) is 13.1. The van der Waals surface area contributed by atoms with Gasteiger partial charge in [-0.15, -0.1) is 0 Å². The Hall–Kier alpha value is -0.0800. The quantitative estimate of drug-likeness (QED) is 0.518. The van der Waals surface area contributed by atoms with Crippen LogP contribution in [-0.2, 0) is 0 Å². The van der Waals surface area contributed by atoms with Crippen LogP contribution in [0.2, 0.25) is 0 Å². The van der Waals surface area contributed by atoms with Crippen LogP contribution >= 0.6 is 0 Å². The maximum absolute atomic E-state index is 2.38. The van der Waals surface area contributed by atoms with Crippen LogP contribution in [0.3, 0.4) is 0 Å². The molecule has 0 rings (SSSR count). The summed E-state index contributed by atoms with van der Waals surface area (Å²) in [4.78, 5) is 0. The average molecular weight is 244 g/mol. The zero-order valence-corrected chi connectivity index (χ0v) is 13.3. The Morgan fingerprint density at radius 3 is 1.12 bits per heavy atom. The third kappa shape index (κ3) is 9.61. The molecular weight excluding hydrogens is 208 g/mol. The summed E-state index contributed by atoms with van der Waals surface area (Å²) in [6.07, 6.45) is 6.72. The first-order valence-corrected chi connectivity index (χ1v) is 7.47. The van der Waals surface area contributed by atoms with Crippen molar-refractivity contribution in [2.45, 2.75) is 46.0 Å². The van der Waals surface area contributed by atoms with E-state index in [0.717, 1.165) is 0 Å². The molecule has 0 aromatic heterocycles. The maximum Gasteiger partial charge on any atom is 0.0836 e. The first-order valence-electron chi connectivity index (χ1n) is 7.47. The van der Waals surface area contributed by atoms with Crippen molar-refractivity contribution in [1.29, 1.82) is 0 Å². The lowest BCUT2D eigenvalue weighted by Gasteiger charge is -2.33. The van der Waals surface area contributed by atoms with Crippen molar-refractivity contribution >= 4 is 0 Å². The third-order valence-corrected chi connectivity index (χ3v) is 3.76. The second kappa shape index (κ2) is 8.10. The van der Waals surface area contributed by atoms with E-state index in [-0.39, 0.29) is 0 Å². The summed E-state index contributed by atoms with van der Waals surface area (Å²) in [5.74, 6) is 0. The van der Waals surface area contributed by atoms with E-state index in [1.54, 1.807) is 0 Å². The third-order valence-electron chi connectivity index (χ3n) is 3.76. The highest BCUT2D eigenvalue weighted by Crippen LogP contribution is 2.07. The Balaban J connectivity index is 3.80.